The average molecular weight is 930 g/mol. The number of rotatable bonds is 8. The van der Waals surface area contributed by atoms with Crippen molar-refractivity contribution in [2.24, 2.45) is 5.41 Å². The molecule has 0 bridgehead atoms. The zero-order valence-electron chi connectivity index (χ0n) is 40.2. The van der Waals surface area contributed by atoms with E-state index < -0.39 is 5.41 Å². The molecule has 16 heteroatoms. The Morgan fingerprint density at radius 2 is 1.34 bits per heavy atom. The van der Waals surface area contributed by atoms with Crippen molar-refractivity contribution in [1.29, 1.82) is 0 Å². The lowest BCUT2D eigenvalue weighted by atomic mass is 9.93. The number of amides is 1. The number of carbonyl (C=O) groups is 1. The van der Waals surface area contributed by atoms with Gasteiger partial charge in [0, 0.05) is 126 Å². The summed E-state index contributed by atoms with van der Waals surface area (Å²) in [4.78, 5) is 48.5. The molecule has 0 saturated carbocycles. The fraction of sp³-hybridized carbons (Fsp3) is 0.278. The van der Waals surface area contributed by atoms with Gasteiger partial charge in [0.25, 0.3) is 0 Å². The van der Waals surface area contributed by atoms with Gasteiger partial charge in [-0.2, -0.15) is 10.2 Å². The van der Waals surface area contributed by atoms with Gasteiger partial charge in [0.2, 0.25) is 5.91 Å². The largest absolute Gasteiger partial charge is 0.368 e. The highest BCUT2D eigenvalue weighted by Crippen LogP contribution is 2.42. The smallest absolute Gasteiger partial charge is 0.229 e. The summed E-state index contributed by atoms with van der Waals surface area (Å²) in [5.74, 6) is -0.0673. The van der Waals surface area contributed by atoms with E-state index in [-0.39, 0.29) is 11.9 Å². The van der Waals surface area contributed by atoms with E-state index in [4.69, 9.17) is 20.2 Å². The van der Waals surface area contributed by atoms with E-state index >= 15 is 0 Å². The summed E-state index contributed by atoms with van der Waals surface area (Å²) in [5.41, 5.74) is 15.8. The Hall–Kier alpha value is -7.95. The number of hydrogen-bond donors (Lipinski definition) is 5. The first-order chi connectivity index (χ1) is 33.9. The van der Waals surface area contributed by atoms with Crippen LogP contribution >= 0.6 is 0 Å². The molecule has 352 valence electrons. The number of fused-ring (bicyclic) bond motifs is 4. The Labute approximate surface area is 404 Å². The quantitative estimate of drug-likeness (QED) is 0.0980. The van der Waals surface area contributed by atoms with Crippen LogP contribution in [0.4, 0.5) is 17.1 Å². The van der Waals surface area contributed by atoms with Gasteiger partial charge in [-0.15, -0.1) is 0 Å². The van der Waals surface area contributed by atoms with Gasteiger partial charge in [0.05, 0.1) is 40.3 Å². The third-order valence-electron chi connectivity index (χ3n) is 14.3. The van der Waals surface area contributed by atoms with Gasteiger partial charge in [-0.1, -0.05) is 26.8 Å². The third-order valence-corrected chi connectivity index (χ3v) is 14.3. The molecule has 2 fully saturated rings. The summed E-state index contributed by atoms with van der Waals surface area (Å²) in [6.07, 6.45) is 11.1. The van der Waals surface area contributed by atoms with Crippen molar-refractivity contribution in [3.05, 3.63) is 115 Å². The number of benzene rings is 2. The van der Waals surface area contributed by atoms with E-state index in [1.54, 1.807) is 6.20 Å². The number of aromatic nitrogens is 10. The predicted octanol–water partition coefficient (Wildman–Crippen LogP) is 9.19. The minimum absolute atomic E-state index is 0.0137. The molecule has 2 aliphatic heterocycles. The second-order valence-electron chi connectivity index (χ2n) is 20.0. The maximum absolute atomic E-state index is 12.8. The summed E-state index contributed by atoms with van der Waals surface area (Å²) >= 11 is 0. The van der Waals surface area contributed by atoms with Crippen LogP contribution in [0, 0.1) is 12.3 Å². The Balaban J connectivity index is 0.894. The van der Waals surface area contributed by atoms with Crippen molar-refractivity contribution in [3.63, 3.8) is 0 Å². The van der Waals surface area contributed by atoms with Gasteiger partial charge in [-0.05, 0) is 104 Å². The summed E-state index contributed by atoms with van der Waals surface area (Å²) in [6, 6.07) is 23.5. The van der Waals surface area contributed by atoms with Crippen LogP contribution in [0.3, 0.4) is 0 Å². The van der Waals surface area contributed by atoms with Crippen molar-refractivity contribution in [3.8, 4) is 45.0 Å². The number of carbonyl (C=O) groups excluding carboxylic acids is 1. The summed E-state index contributed by atoms with van der Waals surface area (Å²) in [6.45, 7) is 14.2. The molecule has 1 unspecified atom stereocenters. The highest BCUT2D eigenvalue weighted by atomic mass is 16.2. The molecule has 5 N–H and O–H groups in total. The van der Waals surface area contributed by atoms with Crippen LogP contribution in [0.25, 0.3) is 88.9 Å². The van der Waals surface area contributed by atoms with Crippen LogP contribution in [-0.2, 0) is 4.79 Å². The molecule has 2 aliphatic rings. The number of nitrogens with one attached hydrogen (secondary N) is 5. The number of anilines is 3. The maximum Gasteiger partial charge on any atom is 0.229 e. The maximum atomic E-state index is 12.8. The fourth-order valence-corrected chi connectivity index (χ4v) is 10.2. The molecule has 1 atom stereocenters. The Bertz CT molecular complexity index is 3620. The van der Waals surface area contributed by atoms with E-state index in [1.165, 1.54) is 11.3 Å². The number of pyridine rings is 4. The lowest BCUT2D eigenvalue weighted by molar-refractivity contribution is -0.123. The van der Waals surface area contributed by atoms with Crippen molar-refractivity contribution in [2.75, 3.05) is 75.0 Å². The van der Waals surface area contributed by atoms with Crippen LogP contribution in [0.1, 0.15) is 37.9 Å². The number of hydrogen-bond acceptors (Lipinski definition) is 11. The molecular formula is C54H55N15O. The van der Waals surface area contributed by atoms with Crippen molar-refractivity contribution >= 4 is 66.8 Å². The molecule has 2 aromatic carbocycles. The lowest BCUT2D eigenvalue weighted by Gasteiger charge is -2.41. The van der Waals surface area contributed by atoms with E-state index in [9.17, 15) is 4.79 Å². The van der Waals surface area contributed by atoms with Crippen LogP contribution in [0.5, 0.6) is 0 Å². The minimum Gasteiger partial charge on any atom is -0.368 e. The van der Waals surface area contributed by atoms with Crippen LogP contribution in [0.2, 0.25) is 0 Å². The zero-order chi connectivity index (χ0) is 47.8. The second kappa shape index (κ2) is 16.9. The summed E-state index contributed by atoms with van der Waals surface area (Å²) in [5, 5.41) is 23.8. The third kappa shape index (κ3) is 7.69. The molecule has 0 aliphatic carbocycles. The molecule has 2 saturated heterocycles. The average Bonchev–Trinajstić information content (AvgIpc) is 4.18. The number of piperazine rings is 2. The first-order valence-corrected chi connectivity index (χ1v) is 24.0. The molecule has 10 aromatic rings. The monoisotopic (exact) mass is 929 g/mol. The van der Waals surface area contributed by atoms with Gasteiger partial charge in [-0.3, -0.25) is 29.9 Å². The normalized spacial score (nSPS) is 16.3. The number of H-pyrrole nitrogens is 4. The summed E-state index contributed by atoms with van der Waals surface area (Å²) in [7, 11) is 4.40. The van der Waals surface area contributed by atoms with Gasteiger partial charge < -0.3 is 30.0 Å². The van der Waals surface area contributed by atoms with Crippen molar-refractivity contribution in [2.45, 2.75) is 33.7 Å². The zero-order valence-corrected chi connectivity index (χ0v) is 40.2. The standard InChI is InChI=1S/C54H55N15O/c1-31-9-12-55-29-41(31)33-23-37(48-40(24-33)50(65-63-48)44-25-38-45(10-13-57-51(38)61-44)68-18-15-66(5)16-19-68)47-30-69(20-17-67(47)6)46-11-14-58-52-39(46)26-43(60-52)49-36-22-32(7-8-42(36)62-64-49)34-21-35(28-56-27-34)59-53(70)54(2,3)4/h7-14,21-29,47H,15-20,30H2,1-6H3,(H,57,61)(H,58,60)(H,59,70)(H,62,64)(H,63,65). The number of nitrogens with zero attached hydrogens (tertiary/aromatic N) is 10. The molecule has 70 heavy (non-hydrogen) atoms. The SMILES string of the molecule is Cc1ccncc1-c1cc(C2CN(c3ccnc4[nH]c(-c5n[nH]c6ccc(-c7cncc(NC(=O)C(C)(C)C)c7)cc56)cc34)CCN2C)c2[nH]nc(-c3cc4c(N5CCN(C)CC5)ccnc4[nH]3)c2c1. The van der Waals surface area contributed by atoms with E-state index in [0.717, 1.165) is 146 Å². The number of aromatic amines is 4. The first-order valence-electron chi connectivity index (χ1n) is 24.0. The molecule has 12 rings (SSSR count). The van der Waals surface area contributed by atoms with Crippen molar-refractivity contribution < 1.29 is 4.79 Å². The van der Waals surface area contributed by atoms with Crippen LogP contribution < -0.4 is 15.1 Å². The predicted molar refractivity (Wildman–Crippen MR) is 279 cm³/mol. The molecule has 10 heterocycles. The van der Waals surface area contributed by atoms with Gasteiger partial charge >= 0.3 is 0 Å². The molecule has 0 radical (unpaired) electrons. The van der Waals surface area contributed by atoms with Crippen LogP contribution in [-0.4, -0.2) is 126 Å². The molecule has 8 aromatic heterocycles. The lowest BCUT2D eigenvalue weighted by Crippen LogP contribution is -2.46. The number of likely N-dealkylation sites (N-methyl/N-ethyl adjacent to an activating group) is 2. The molecule has 0 spiro atoms. The van der Waals surface area contributed by atoms with E-state index in [1.807, 2.05) is 70.0 Å². The summed E-state index contributed by atoms with van der Waals surface area (Å²) < 4.78 is 0. The highest BCUT2D eigenvalue weighted by molar-refractivity contribution is 6.03. The van der Waals surface area contributed by atoms with E-state index in [0.29, 0.717) is 5.69 Å². The first kappa shape index (κ1) is 43.3. The Morgan fingerprint density at radius 1 is 0.657 bits per heavy atom. The number of aryl methyl sites for hydroxylation is 1. The second-order valence-corrected chi connectivity index (χ2v) is 20.0. The molecular weight excluding hydrogens is 875 g/mol. The topological polar surface area (TPSA) is 183 Å². The molecule has 1 amide bonds. The van der Waals surface area contributed by atoms with Crippen LogP contribution in [0.15, 0.2) is 104 Å². The highest BCUT2D eigenvalue weighted by Gasteiger charge is 2.31. The van der Waals surface area contributed by atoms with Gasteiger partial charge in [0.15, 0.2) is 0 Å². The minimum atomic E-state index is -0.529. The Morgan fingerprint density at radius 3 is 2.07 bits per heavy atom. The Kier molecular flexibility index (Phi) is 10.5. The fourth-order valence-electron chi connectivity index (χ4n) is 10.2. The van der Waals surface area contributed by atoms with Gasteiger partial charge in [-0.25, -0.2) is 9.97 Å². The van der Waals surface area contributed by atoms with Gasteiger partial charge in [0.1, 0.15) is 22.7 Å². The van der Waals surface area contributed by atoms with E-state index in [2.05, 4.69) is 125 Å². The van der Waals surface area contributed by atoms with Crippen molar-refractivity contribution in [1.82, 2.24) is 60.1 Å². The molecule has 16 nitrogen and oxygen atoms in total.